The molecule has 1 aromatic rings. The predicted molar refractivity (Wildman–Crippen MR) is 91.2 cm³/mol. The van der Waals surface area contributed by atoms with Crippen molar-refractivity contribution in [2.45, 2.75) is 26.3 Å². The van der Waals surface area contributed by atoms with Gasteiger partial charge in [-0.15, -0.1) is 11.3 Å². The monoisotopic (exact) mass is 321 g/mol. The van der Waals surface area contributed by atoms with E-state index in [9.17, 15) is 4.79 Å². The van der Waals surface area contributed by atoms with Crippen molar-refractivity contribution >= 4 is 17.2 Å². The second-order valence-corrected chi connectivity index (χ2v) is 7.71. The molecule has 22 heavy (non-hydrogen) atoms. The molecule has 2 saturated heterocycles. The van der Waals surface area contributed by atoms with E-state index in [1.165, 1.54) is 30.9 Å². The fourth-order valence-corrected chi connectivity index (χ4v) is 4.50. The van der Waals surface area contributed by atoms with Crippen molar-refractivity contribution in [3.8, 4) is 0 Å². The molecule has 0 N–H and O–H groups in total. The molecule has 5 heteroatoms. The molecule has 122 valence electrons. The summed E-state index contributed by atoms with van der Waals surface area (Å²) in [6, 6.07) is 5.05. The van der Waals surface area contributed by atoms with E-state index in [2.05, 4.69) is 34.2 Å². The number of amides is 1. The lowest BCUT2D eigenvalue weighted by atomic mass is 10.0. The van der Waals surface area contributed by atoms with E-state index in [-0.39, 0.29) is 5.91 Å². The maximum absolute atomic E-state index is 11.4. The van der Waals surface area contributed by atoms with E-state index in [0.717, 1.165) is 32.1 Å². The van der Waals surface area contributed by atoms with Gasteiger partial charge in [0.15, 0.2) is 0 Å². The van der Waals surface area contributed by atoms with Crippen LogP contribution in [0.5, 0.6) is 0 Å². The molecule has 2 aliphatic heterocycles. The average molecular weight is 321 g/mol. The number of piperazine rings is 1. The molecule has 2 aliphatic rings. The first-order chi connectivity index (χ1) is 10.6. The molecule has 0 radical (unpaired) electrons. The summed E-state index contributed by atoms with van der Waals surface area (Å²) in [4.78, 5) is 20.1. The van der Waals surface area contributed by atoms with Crippen molar-refractivity contribution in [3.05, 3.63) is 22.4 Å². The number of hydrogen-bond acceptors (Lipinski definition) is 4. The lowest BCUT2D eigenvalue weighted by Crippen LogP contribution is -2.53. The third-order valence-corrected chi connectivity index (χ3v) is 6.07. The summed E-state index contributed by atoms with van der Waals surface area (Å²) >= 11 is 1.86. The lowest BCUT2D eigenvalue weighted by molar-refractivity contribution is -0.130. The Morgan fingerprint density at radius 3 is 2.68 bits per heavy atom. The van der Waals surface area contributed by atoms with Gasteiger partial charge in [0, 0.05) is 63.7 Å². The molecule has 0 spiro atoms. The first kappa shape index (κ1) is 16.0. The summed E-state index contributed by atoms with van der Waals surface area (Å²) in [5.74, 6) is 0.948. The van der Waals surface area contributed by atoms with Gasteiger partial charge in [0.25, 0.3) is 0 Å². The standard InChI is InChI=1S/C17H27N3OS/c1-14-12-18(6-5-16-4-3-11-22-16)13-17(14)20-9-7-19(8-10-20)15(2)21/h3-4,11,14,17H,5-10,12-13H2,1-2H3. The zero-order valence-electron chi connectivity index (χ0n) is 13.7. The Kier molecular flexibility index (Phi) is 5.16. The van der Waals surface area contributed by atoms with E-state index in [1.54, 1.807) is 6.92 Å². The summed E-state index contributed by atoms with van der Waals surface area (Å²) in [5.41, 5.74) is 0. The second kappa shape index (κ2) is 7.11. The van der Waals surface area contributed by atoms with Gasteiger partial charge in [0.2, 0.25) is 5.91 Å². The Bertz CT molecular complexity index is 482. The van der Waals surface area contributed by atoms with Gasteiger partial charge in [-0.3, -0.25) is 9.69 Å². The van der Waals surface area contributed by atoms with Crippen molar-refractivity contribution in [3.63, 3.8) is 0 Å². The summed E-state index contributed by atoms with van der Waals surface area (Å²) < 4.78 is 0. The van der Waals surface area contributed by atoms with Gasteiger partial charge < -0.3 is 9.80 Å². The summed E-state index contributed by atoms with van der Waals surface area (Å²) in [5, 5.41) is 2.17. The van der Waals surface area contributed by atoms with Crippen LogP contribution >= 0.6 is 11.3 Å². The highest BCUT2D eigenvalue weighted by Crippen LogP contribution is 2.23. The largest absolute Gasteiger partial charge is 0.340 e. The molecule has 0 saturated carbocycles. The van der Waals surface area contributed by atoms with Gasteiger partial charge in [-0.1, -0.05) is 13.0 Å². The van der Waals surface area contributed by atoms with Crippen molar-refractivity contribution < 1.29 is 4.79 Å². The Morgan fingerprint density at radius 1 is 1.27 bits per heavy atom. The number of likely N-dealkylation sites (tertiary alicyclic amines) is 1. The molecule has 0 aliphatic carbocycles. The molecule has 2 atom stereocenters. The number of rotatable bonds is 4. The van der Waals surface area contributed by atoms with Crippen molar-refractivity contribution in [2.24, 2.45) is 5.92 Å². The zero-order valence-corrected chi connectivity index (χ0v) is 14.5. The first-order valence-corrected chi connectivity index (χ1v) is 9.26. The van der Waals surface area contributed by atoms with Gasteiger partial charge in [0.1, 0.15) is 0 Å². The van der Waals surface area contributed by atoms with E-state index >= 15 is 0 Å². The fraction of sp³-hybridized carbons (Fsp3) is 0.706. The van der Waals surface area contributed by atoms with Gasteiger partial charge in [-0.25, -0.2) is 0 Å². The molecule has 0 aromatic carbocycles. The van der Waals surface area contributed by atoms with Crippen molar-refractivity contribution in [1.82, 2.24) is 14.7 Å². The highest BCUT2D eigenvalue weighted by atomic mass is 32.1. The normalized spacial score (nSPS) is 27.5. The van der Waals surface area contributed by atoms with E-state index < -0.39 is 0 Å². The Morgan fingerprint density at radius 2 is 2.05 bits per heavy atom. The predicted octanol–water partition coefficient (Wildman–Crippen LogP) is 1.77. The lowest BCUT2D eigenvalue weighted by Gasteiger charge is -2.39. The van der Waals surface area contributed by atoms with Crippen LogP contribution in [-0.2, 0) is 11.2 Å². The molecule has 3 rings (SSSR count). The van der Waals surface area contributed by atoms with Gasteiger partial charge >= 0.3 is 0 Å². The van der Waals surface area contributed by atoms with Crippen LogP contribution in [0.15, 0.2) is 17.5 Å². The minimum absolute atomic E-state index is 0.219. The number of carbonyl (C=O) groups excluding carboxylic acids is 1. The molecule has 4 nitrogen and oxygen atoms in total. The minimum atomic E-state index is 0.219. The summed E-state index contributed by atoms with van der Waals surface area (Å²) in [7, 11) is 0. The van der Waals surface area contributed by atoms with Crippen molar-refractivity contribution in [2.75, 3.05) is 45.8 Å². The molecular formula is C17H27N3OS. The number of thiophene rings is 1. The first-order valence-electron chi connectivity index (χ1n) is 8.38. The molecule has 1 aromatic heterocycles. The van der Waals surface area contributed by atoms with Gasteiger partial charge in [0.05, 0.1) is 0 Å². The van der Waals surface area contributed by atoms with Crippen LogP contribution in [-0.4, -0.2) is 72.5 Å². The molecule has 1 amide bonds. The Balaban J connectivity index is 1.48. The molecule has 2 fully saturated rings. The molecule has 0 bridgehead atoms. The van der Waals surface area contributed by atoms with Crippen LogP contribution in [0.25, 0.3) is 0 Å². The van der Waals surface area contributed by atoms with Gasteiger partial charge in [-0.2, -0.15) is 0 Å². The Hall–Kier alpha value is -0.910. The molecular weight excluding hydrogens is 294 g/mol. The highest BCUT2D eigenvalue weighted by Gasteiger charge is 2.35. The van der Waals surface area contributed by atoms with E-state index in [1.807, 2.05) is 16.2 Å². The molecule has 2 unspecified atom stereocenters. The number of hydrogen-bond donors (Lipinski definition) is 0. The summed E-state index contributed by atoms with van der Waals surface area (Å²) in [6.45, 7) is 11.5. The topological polar surface area (TPSA) is 26.8 Å². The van der Waals surface area contributed by atoms with E-state index in [4.69, 9.17) is 0 Å². The maximum Gasteiger partial charge on any atom is 0.219 e. The maximum atomic E-state index is 11.4. The SMILES string of the molecule is CC(=O)N1CCN(C2CN(CCc3cccs3)CC2C)CC1. The molecule has 3 heterocycles. The Labute approximate surface area is 137 Å². The highest BCUT2D eigenvalue weighted by molar-refractivity contribution is 7.09. The average Bonchev–Trinajstić information content (AvgIpc) is 3.14. The third kappa shape index (κ3) is 3.70. The number of carbonyl (C=O) groups is 1. The zero-order chi connectivity index (χ0) is 15.5. The van der Waals surface area contributed by atoms with Crippen LogP contribution < -0.4 is 0 Å². The third-order valence-electron chi connectivity index (χ3n) is 5.13. The quantitative estimate of drug-likeness (QED) is 0.846. The van der Waals surface area contributed by atoms with Crippen LogP contribution in [0.3, 0.4) is 0 Å². The van der Waals surface area contributed by atoms with Crippen LogP contribution in [0.4, 0.5) is 0 Å². The number of nitrogens with zero attached hydrogens (tertiary/aromatic N) is 3. The fourth-order valence-electron chi connectivity index (χ4n) is 3.80. The van der Waals surface area contributed by atoms with Crippen LogP contribution in [0.1, 0.15) is 18.7 Å². The smallest absolute Gasteiger partial charge is 0.219 e. The van der Waals surface area contributed by atoms with Crippen LogP contribution in [0.2, 0.25) is 0 Å². The van der Waals surface area contributed by atoms with Gasteiger partial charge in [-0.05, 0) is 23.8 Å². The summed E-state index contributed by atoms with van der Waals surface area (Å²) in [6.07, 6.45) is 1.18. The van der Waals surface area contributed by atoms with Crippen molar-refractivity contribution in [1.29, 1.82) is 0 Å². The second-order valence-electron chi connectivity index (χ2n) is 6.68. The minimum Gasteiger partial charge on any atom is -0.340 e. The van der Waals surface area contributed by atoms with Crippen LogP contribution in [0, 0.1) is 5.92 Å². The van der Waals surface area contributed by atoms with E-state index in [0.29, 0.717) is 6.04 Å².